The summed E-state index contributed by atoms with van der Waals surface area (Å²) in [4.78, 5) is 13.1. The number of alkyl halides is 2. The first-order valence-electron chi connectivity index (χ1n) is 5.35. The van der Waals surface area contributed by atoms with Gasteiger partial charge >= 0.3 is 6.09 Å². The molecule has 0 aliphatic carbocycles. The van der Waals surface area contributed by atoms with E-state index in [0.29, 0.717) is 5.75 Å². The van der Waals surface area contributed by atoms with Crippen LogP contribution in [0.3, 0.4) is 0 Å². The number of thiol groups is 1. The van der Waals surface area contributed by atoms with E-state index in [0.717, 1.165) is 5.56 Å². The second-order valence-electron chi connectivity index (χ2n) is 3.88. The SMILES string of the molecule is Cc1cccc(OC(=O)N(C)C(S)C(Cl)CCl)c1. The molecular weight excluding hydrogens is 293 g/mol. The molecule has 0 spiro atoms. The van der Waals surface area contributed by atoms with Crippen LogP contribution in [0.5, 0.6) is 5.75 Å². The average Bonchev–Trinajstić information content (AvgIpc) is 2.36. The summed E-state index contributed by atoms with van der Waals surface area (Å²) in [6.45, 7) is 1.92. The standard InChI is InChI=1S/C12H15Cl2NO2S/c1-8-4-3-5-9(6-8)17-12(16)15(2)11(18)10(14)7-13/h3-6,10-11,18H,7H2,1-2H3. The number of ether oxygens (including phenoxy) is 1. The van der Waals surface area contributed by atoms with Crippen molar-refractivity contribution >= 4 is 41.9 Å². The van der Waals surface area contributed by atoms with Gasteiger partial charge in [-0.1, -0.05) is 12.1 Å². The van der Waals surface area contributed by atoms with Crippen molar-refractivity contribution in [3.63, 3.8) is 0 Å². The summed E-state index contributed by atoms with van der Waals surface area (Å²) in [6.07, 6.45) is -0.517. The van der Waals surface area contributed by atoms with E-state index in [9.17, 15) is 4.79 Å². The Hall–Kier alpha value is -0.580. The van der Waals surface area contributed by atoms with E-state index in [1.807, 2.05) is 19.1 Å². The van der Waals surface area contributed by atoms with Crippen LogP contribution in [0.1, 0.15) is 5.56 Å². The number of nitrogens with zero attached hydrogens (tertiary/aromatic N) is 1. The van der Waals surface area contributed by atoms with Gasteiger partial charge in [0.15, 0.2) is 0 Å². The number of amides is 1. The molecule has 0 radical (unpaired) electrons. The lowest BCUT2D eigenvalue weighted by Gasteiger charge is -2.25. The van der Waals surface area contributed by atoms with Crippen LogP contribution in [-0.4, -0.2) is 34.7 Å². The van der Waals surface area contributed by atoms with Crippen LogP contribution in [0.15, 0.2) is 24.3 Å². The second-order valence-corrected chi connectivity index (χ2v) is 5.28. The lowest BCUT2D eigenvalue weighted by molar-refractivity contribution is 0.159. The maximum absolute atomic E-state index is 11.8. The van der Waals surface area contributed by atoms with Gasteiger partial charge in [0, 0.05) is 12.9 Å². The molecule has 3 nitrogen and oxygen atoms in total. The first kappa shape index (κ1) is 15.5. The topological polar surface area (TPSA) is 29.5 Å². The Bertz CT molecular complexity index is 417. The quantitative estimate of drug-likeness (QED) is 0.524. The van der Waals surface area contributed by atoms with Gasteiger partial charge in [0.1, 0.15) is 5.75 Å². The minimum absolute atomic E-state index is 0.206. The average molecular weight is 308 g/mol. The zero-order valence-electron chi connectivity index (χ0n) is 10.1. The van der Waals surface area contributed by atoms with Crippen molar-refractivity contribution in [3.8, 4) is 5.75 Å². The molecular formula is C12H15Cl2NO2S. The molecule has 0 aromatic heterocycles. The predicted molar refractivity (Wildman–Crippen MR) is 78.1 cm³/mol. The Morgan fingerprint density at radius 1 is 1.56 bits per heavy atom. The van der Waals surface area contributed by atoms with Crippen molar-refractivity contribution in [2.45, 2.75) is 17.7 Å². The van der Waals surface area contributed by atoms with Gasteiger partial charge in [0.05, 0.1) is 10.8 Å². The van der Waals surface area contributed by atoms with Crippen molar-refractivity contribution in [1.82, 2.24) is 4.90 Å². The van der Waals surface area contributed by atoms with Crippen molar-refractivity contribution in [2.24, 2.45) is 0 Å². The molecule has 0 heterocycles. The Labute approximate surface area is 122 Å². The van der Waals surface area contributed by atoms with Crippen molar-refractivity contribution in [3.05, 3.63) is 29.8 Å². The lowest BCUT2D eigenvalue weighted by atomic mass is 10.2. The highest BCUT2D eigenvalue weighted by Crippen LogP contribution is 2.18. The molecule has 0 aliphatic rings. The number of rotatable bonds is 4. The second kappa shape index (κ2) is 7.12. The summed E-state index contributed by atoms with van der Waals surface area (Å²) in [5.41, 5.74) is 1.02. The van der Waals surface area contributed by atoms with Gasteiger partial charge in [-0.2, -0.15) is 12.6 Å². The number of carbonyl (C=O) groups excluding carboxylic acids is 1. The van der Waals surface area contributed by atoms with Gasteiger partial charge in [-0.05, 0) is 24.6 Å². The highest BCUT2D eigenvalue weighted by molar-refractivity contribution is 7.81. The van der Waals surface area contributed by atoms with Gasteiger partial charge < -0.3 is 4.74 Å². The van der Waals surface area contributed by atoms with E-state index in [1.165, 1.54) is 4.90 Å². The van der Waals surface area contributed by atoms with Crippen LogP contribution in [0.2, 0.25) is 0 Å². The van der Waals surface area contributed by atoms with E-state index in [1.54, 1.807) is 19.2 Å². The van der Waals surface area contributed by atoms with Crippen molar-refractivity contribution in [2.75, 3.05) is 12.9 Å². The monoisotopic (exact) mass is 307 g/mol. The van der Waals surface area contributed by atoms with Gasteiger partial charge in [-0.3, -0.25) is 4.90 Å². The molecule has 0 aliphatic heterocycles. The third-order valence-corrected chi connectivity index (χ3v) is 4.12. The molecule has 0 fully saturated rings. The predicted octanol–water partition coefficient (Wildman–Crippen LogP) is 3.53. The number of halogens is 2. The minimum Gasteiger partial charge on any atom is -0.410 e. The van der Waals surface area contributed by atoms with Crippen molar-refractivity contribution in [1.29, 1.82) is 0 Å². The summed E-state index contributed by atoms with van der Waals surface area (Å²) in [6, 6.07) is 7.23. The maximum Gasteiger partial charge on any atom is 0.415 e. The van der Waals surface area contributed by atoms with E-state index >= 15 is 0 Å². The minimum atomic E-state index is -0.517. The number of benzene rings is 1. The number of carbonyl (C=O) groups is 1. The molecule has 100 valence electrons. The Morgan fingerprint density at radius 3 is 2.78 bits per heavy atom. The highest BCUT2D eigenvalue weighted by atomic mass is 35.5. The van der Waals surface area contributed by atoms with Gasteiger partial charge in [0.25, 0.3) is 0 Å². The number of aryl methyl sites for hydroxylation is 1. The fourth-order valence-corrected chi connectivity index (χ4v) is 1.94. The molecule has 0 N–H and O–H groups in total. The summed E-state index contributed by atoms with van der Waals surface area (Å²) in [5.74, 6) is 0.696. The molecule has 0 bridgehead atoms. The van der Waals surface area contributed by atoms with Crippen LogP contribution < -0.4 is 4.74 Å². The summed E-state index contributed by atoms with van der Waals surface area (Å²) in [5, 5.41) is -0.938. The number of hydrogen-bond acceptors (Lipinski definition) is 3. The van der Waals surface area contributed by atoms with Crippen molar-refractivity contribution < 1.29 is 9.53 Å². The van der Waals surface area contributed by atoms with Gasteiger partial charge in [-0.25, -0.2) is 4.79 Å². The first-order valence-corrected chi connectivity index (χ1v) is 6.84. The molecule has 0 saturated carbocycles. The maximum atomic E-state index is 11.8. The molecule has 6 heteroatoms. The normalized spacial score (nSPS) is 13.8. The van der Waals surface area contributed by atoms with Gasteiger partial charge in [-0.15, -0.1) is 23.2 Å². The Balaban J connectivity index is 2.65. The first-order chi connectivity index (χ1) is 8.45. The zero-order valence-corrected chi connectivity index (χ0v) is 12.5. The summed E-state index contributed by atoms with van der Waals surface area (Å²) < 4.78 is 5.21. The largest absolute Gasteiger partial charge is 0.415 e. The van der Waals surface area contributed by atoms with E-state index in [-0.39, 0.29) is 5.88 Å². The lowest BCUT2D eigenvalue weighted by Crippen LogP contribution is -2.41. The fourth-order valence-electron chi connectivity index (χ4n) is 1.28. The molecule has 18 heavy (non-hydrogen) atoms. The third kappa shape index (κ3) is 4.26. The van der Waals surface area contributed by atoms with Crippen LogP contribution in [0.25, 0.3) is 0 Å². The van der Waals surface area contributed by atoms with E-state index < -0.39 is 16.8 Å². The summed E-state index contributed by atoms with van der Waals surface area (Å²) in [7, 11) is 1.57. The van der Waals surface area contributed by atoms with E-state index in [4.69, 9.17) is 27.9 Å². The summed E-state index contributed by atoms with van der Waals surface area (Å²) >= 11 is 15.8. The van der Waals surface area contributed by atoms with Crippen LogP contribution in [-0.2, 0) is 0 Å². The van der Waals surface area contributed by atoms with Crippen LogP contribution >= 0.6 is 35.8 Å². The third-order valence-electron chi connectivity index (χ3n) is 2.35. The highest BCUT2D eigenvalue weighted by Gasteiger charge is 2.24. The van der Waals surface area contributed by atoms with Crippen LogP contribution in [0.4, 0.5) is 4.79 Å². The molecule has 1 aromatic carbocycles. The molecule has 2 atom stereocenters. The van der Waals surface area contributed by atoms with Crippen LogP contribution in [0, 0.1) is 6.92 Å². The van der Waals surface area contributed by atoms with Gasteiger partial charge in [0.2, 0.25) is 0 Å². The molecule has 0 saturated heterocycles. The molecule has 1 rings (SSSR count). The smallest absolute Gasteiger partial charge is 0.410 e. The molecule has 1 amide bonds. The molecule has 1 aromatic rings. The Morgan fingerprint density at radius 2 is 2.22 bits per heavy atom. The Kier molecular flexibility index (Phi) is 6.12. The molecule has 2 unspecified atom stereocenters. The fraction of sp³-hybridized carbons (Fsp3) is 0.417. The zero-order chi connectivity index (χ0) is 13.7. The van der Waals surface area contributed by atoms with E-state index in [2.05, 4.69) is 12.6 Å². The number of hydrogen-bond donors (Lipinski definition) is 1.